The zero-order valence-corrected chi connectivity index (χ0v) is 11.6. The van der Waals surface area contributed by atoms with Gasteiger partial charge in [0.15, 0.2) is 0 Å². The smallest absolute Gasteiger partial charge is 0.239 e. The molecule has 0 aliphatic carbocycles. The maximum Gasteiger partial charge on any atom is 0.239 e. The highest BCUT2D eigenvalue weighted by Crippen LogP contribution is 2.27. The van der Waals surface area contributed by atoms with Crippen molar-refractivity contribution in [3.8, 4) is 5.75 Å². The summed E-state index contributed by atoms with van der Waals surface area (Å²) in [6.07, 6.45) is 0.910. The minimum absolute atomic E-state index is 0.198. The number of carbonyl (C=O) groups is 1. The Balaban J connectivity index is 2.99. The summed E-state index contributed by atoms with van der Waals surface area (Å²) in [5.41, 5.74) is 6.16. The van der Waals surface area contributed by atoms with E-state index in [2.05, 4.69) is 5.32 Å². The van der Waals surface area contributed by atoms with Gasteiger partial charge < -0.3 is 10.5 Å². The number of primary amides is 1. The fourth-order valence-electron chi connectivity index (χ4n) is 1.61. The zero-order valence-electron chi connectivity index (χ0n) is 10.9. The second-order valence-corrected chi connectivity index (χ2v) is 4.61. The first-order valence-corrected chi connectivity index (χ1v) is 6.26. The van der Waals surface area contributed by atoms with Gasteiger partial charge in [0.05, 0.1) is 12.1 Å². The van der Waals surface area contributed by atoms with Crippen molar-refractivity contribution in [2.24, 2.45) is 5.73 Å². The Labute approximate surface area is 112 Å². The molecule has 1 aromatic rings. The van der Waals surface area contributed by atoms with Crippen LogP contribution in [-0.2, 0) is 4.79 Å². The van der Waals surface area contributed by atoms with Crippen molar-refractivity contribution < 1.29 is 9.53 Å². The van der Waals surface area contributed by atoms with E-state index in [9.17, 15) is 4.79 Å². The summed E-state index contributed by atoms with van der Waals surface area (Å²) in [6, 6.07) is 4.87. The van der Waals surface area contributed by atoms with Crippen LogP contribution in [-0.4, -0.2) is 19.1 Å². The molecule has 0 fully saturated rings. The van der Waals surface area contributed by atoms with Crippen LogP contribution in [0.2, 0.25) is 5.02 Å². The maximum atomic E-state index is 11.5. The summed E-state index contributed by atoms with van der Waals surface area (Å²) >= 11 is 6.04. The molecule has 0 heterocycles. The second-order valence-electron chi connectivity index (χ2n) is 4.21. The summed E-state index contributed by atoms with van der Waals surface area (Å²) in [5.74, 6) is 0.156. The number of benzene rings is 1. The summed E-state index contributed by atoms with van der Waals surface area (Å²) in [7, 11) is 1.55. The number of carbonyl (C=O) groups excluding carboxylic acids is 1. The Morgan fingerprint density at radius 2 is 2.22 bits per heavy atom. The van der Waals surface area contributed by atoms with Crippen molar-refractivity contribution in [1.82, 2.24) is 5.32 Å². The molecule has 0 saturated heterocycles. The van der Waals surface area contributed by atoms with Crippen LogP contribution >= 0.6 is 11.6 Å². The van der Waals surface area contributed by atoms with Crippen molar-refractivity contribution in [3.05, 3.63) is 28.8 Å². The molecule has 0 aliphatic rings. The predicted molar refractivity (Wildman–Crippen MR) is 72.8 cm³/mol. The van der Waals surface area contributed by atoms with Crippen LogP contribution in [0.5, 0.6) is 5.75 Å². The fourth-order valence-corrected chi connectivity index (χ4v) is 1.87. The topological polar surface area (TPSA) is 64.3 Å². The van der Waals surface area contributed by atoms with E-state index < -0.39 is 11.9 Å². The molecule has 2 atom stereocenters. The molecular weight excluding hydrogens is 252 g/mol. The number of amides is 1. The number of nitrogens with one attached hydrogen (secondary N) is 1. The van der Waals surface area contributed by atoms with Gasteiger partial charge in [-0.3, -0.25) is 10.1 Å². The molecule has 0 saturated carbocycles. The van der Waals surface area contributed by atoms with Gasteiger partial charge in [0, 0.05) is 6.04 Å². The van der Waals surface area contributed by atoms with Crippen molar-refractivity contribution >= 4 is 17.5 Å². The van der Waals surface area contributed by atoms with E-state index in [1.807, 2.05) is 13.8 Å². The molecule has 0 bridgehead atoms. The molecule has 0 spiro atoms. The van der Waals surface area contributed by atoms with Gasteiger partial charge in [-0.05, 0) is 31.0 Å². The summed E-state index contributed by atoms with van der Waals surface area (Å²) in [4.78, 5) is 11.5. The van der Waals surface area contributed by atoms with Crippen molar-refractivity contribution in [3.63, 3.8) is 0 Å². The number of rotatable bonds is 6. The van der Waals surface area contributed by atoms with Crippen molar-refractivity contribution in [1.29, 1.82) is 0 Å². The maximum absolute atomic E-state index is 11.5. The van der Waals surface area contributed by atoms with Crippen molar-refractivity contribution in [2.45, 2.75) is 32.4 Å². The average Bonchev–Trinajstić information content (AvgIpc) is 2.35. The monoisotopic (exact) mass is 270 g/mol. The number of halogens is 1. The van der Waals surface area contributed by atoms with Crippen LogP contribution in [0.3, 0.4) is 0 Å². The number of methoxy groups -OCH3 is 1. The lowest BCUT2D eigenvalue weighted by Gasteiger charge is -2.20. The van der Waals surface area contributed by atoms with E-state index in [0.29, 0.717) is 10.8 Å². The first-order chi connectivity index (χ1) is 8.49. The van der Waals surface area contributed by atoms with Crippen LogP contribution in [0.4, 0.5) is 0 Å². The fraction of sp³-hybridized carbons (Fsp3) is 0.462. The van der Waals surface area contributed by atoms with Gasteiger partial charge in [0.1, 0.15) is 11.8 Å². The van der Waals surface area contributed by atoms with E-state index in [1.165, 1.54) is 0 Å². The standard InChI is InChI=1S/C13H19ClN2O2/c1-4-8(2)16-12(13(15)17)9-5-6-11(18-3)10(14)7-9/h5-8,12,16H,4H2,1-3H3,(H2,15,17). The highest BCUT2D eigenvalue weighted by Gasteiger charge is 2.20. The van der Waals surface area contributed by atoms with Crippen LogP contribution in [0.25, 0.3) is 0 Å². The van der Waals surface area contributed by atoms with E-state index in [-0.39, 0.29) is 6.04 Å². The van der Waals surface area contributed by atoms with E-state index in [0.717, 1.165) is 12.0 Å². The number of hydrogen-bond acceptors (Lipinski definition) is 3. The minimum atomic E-state index is -0.539. The molecule has 2 unspecified atom stereocenters. The highest BCUT2D eigenvalue weighted by molar-refractivity contribution is 6.32. The molecule has 100 valence electrons. The number of nitrogens with two attached hydrogens (primary N) is 1. The summed E-state index contributed by atoms with van der Waals surface area (Å²) in [5, 5.41) is 3.64. The molecule has 18 heavy (non-hydrogen) atoms. The number of ether oxygens (including phenoxy) is 1. The third kappa shape index (κ3) is 3.62. The highest BCUT2D eigenvalue weighted by atomic mass is 35.5. The minimum Gasteiger partial charge on any atom is -0.495 e. The van der Waals surface area contributed by atoms with Crippen LogP contribution in [0.1, 0.15) is 31.9 Å². The average molecular weight is 271 g/mol. The van der Waals surface area contributed by atoms with Gasteiger partial charge in [-0.2, -0.15) is 0 Å². The Morgan fingerprint density at radius 3 is 2.67 bits per heavy atom. The Morgan fingerprint density at radius 1 is 1.56 bits per heavy atom. The molecule has 4 nitrogen and oxygen atoms in total. The molecule has 1 amide bonds. The quantitative estimate of drug-likeness (QED) is 0.833. The third-order valence-corrected chi connectivity index (χ3v) is 3.15. The Bertz CT molecular complexity index is 423. The van der Waals surface area contributed by atoms with Gasteiger partial charge in [-0.15, -0.1) is 0 Å². The van der Waals surface area contributed by atoms with Crippen LogP contribution in [0.15, 0.2) is 18.2 Å². The Kier molecular flexibility index (Phi) is 5.44. The summed E-state index contributed by atoms with van der Waals surface area (Å²) in [6.45, 7) is 4.04. The molecule has 3 N–H and O–H groups in total. The SMILES string of the molecule is CCC(C)NC(C(N)=O)c1ccc(OC)c(Cl)c1. The first-order valence-electron chi connectivity index (χ1n) is 5.88. The zero-order chi connectivity index (χ0) is 13.7. The van der Waals surface area contributed by atoms with Crippen molar-refractivity contribution in [2.75, 3.05) is 7.11 Å². The van der Waals surface area contributed by atoms with Gasteiger partial charge in [0.2, 0.25) is 5.91 Å². The molecule has 5 heteroatoms. The van der Waals surface area contributed by atoms with Crippen LogP contribution < -0.4 is 15.8 Å². The second kappa shape index (κ2) is 6.61. The predicted octanol–water partition coefficient (Wildman–Crippen LogP) is 2.26. The van der Waals surface area contributed by atoms with Gasteiger partial charge in [-0.25, -0.2) is 0 Å². The molecule has 0 aromatic heterocycles. The van der Waals surface area contributed by atoms with E-state index >= 15 is 0 Å². The molecule has 1 aromatic carbocycles. The molecule has 1 rings (SSSR count). The normalized spacial score (nSPS) is 14.0. The molecular formula is C13H19ClN2O2. The van der Waals surface area contributed by atoms with E-state index in [1.54, 1.807) is 25.3 Å². The lowest BCUT2D eigenvalue weighted by Crippen LogP contribution is -2.38. The van der Waals surface area contributed by atoms with E-state index in [4.69, 9.17) is 22.1 Å². The lowest BCUT2D eigenvalue weighted by molar-refractivity contribution is -0.120. The lowest BCUT2D eigenvalue weighted by atomic mass is 10.0. The van der Waals surface area contributed by atoms with Gasteiger partial charge in [0.25, 0.3) is 0 Å². The van der Waals surface area contributed by atoms with Gasteiger partial charge >= 0.3 is 0 Å². The number of hydrogen-bond donors (Lipinski definition) is 2. The summed E-state index contributed by atoms with van der Waals surface area (Å²) < 4.78 is 5.07. The third-order valence-electron chi connectivity index (χ3n) is 2.86. The Hall–Kier alpha value is -1.26. The van der Waals surface area contributed by atoms with Crippen LogP contribution in [0, 0.1) is 0 Å². The van der Waals surface area contributed by atoms with Gasteiger partial charge in [-0.1, -0.05) is 24.6 Å². The molecule has 0 aliphatic heterocycles. The first kappa shape index (κ1) is 14.8. The largest absolute Gasteiger partial charge is 0.495 e. The molecule has 0 radical (unpaired) electrons.